The summed E-state index contributed by atoms with van der Waals surface area (Å²) in [6.07, 6.45) is 1.31. The van der Waals surface area contributed by atoms with Crippen LogP contribution in [-0.4, -0.2) is 43.9 Å². The highest BCUT2D eigenvalue weighted by molar-refractivity contribution is 5.67. The van der Waals surface area contributed by atoms with Gasteiger partial charge in [-0.3, -0.25) is 0 Å². The van der Waals surface area contributed by atoms with Crippen LogP contribution in [0.25, 0.3) is 0 Å². The van der Waals surface area contributed by atoms with E-state index in [1.165, 1.54) is 0 Å². The van der Waals surface area contributed by atoms with Crippen LogP contribution in [-0.2, 0) is 4.74 Å². The lowest BCUT2D eigenvalue weighted by Gasteiger charge is -2.24. The number of alkyl carbamates (subject to hydrolysis) is 1. The van der Waals surface area contributed by atoms with Gasteiger partial charge in [0.2, 0.25) is 0 Å². The van der Waals surface area contributed by atoms with Crippen molar-refractivity contribution in [2.24, 2.45) is 5.73 Å². The molecule has 0 radical (unpaired) electrons. The van der Waals surface area contributed by atoms with Crippen molar-refractivity contribution >= 4 is 11.9 Å². The number of aromatic nitrogens is 1. The van der Waals surface area contributed by atoms with Gasteiger partial charge in [-0.25, -0.2) is 9.78 Å². The first-order chi connectivity index (χ1) is 9.74. The van der Waals surface area contributed by atoms with Crippen molar-refractivity contribution < 1.29 is 9.53 Å². The monoisotopic (exact) mass is 294 g/mol. The number of carbonyl (C=O) groups is 1. The number of carbonyl (C=O) groups excluding carboxylic acids is 1. The molecule has 6 nitrogen and oxygen atoms in total. The van der Waals surface area contributed by atoms with Crippen molar-refractivity contribution in [3.8, 4) is 0 Å². The van der Waals surface area contributed by atoms with Crippen molar-refractivity contribution in [3.05, 3.63) is 23.9 Å². The van der Waals surface area contributed by atoms with E-state index < -0.39 is 11.7 Å². The van der Waals surface area contributed by atoms with Gasteiger partial charge in [0.1, 0.15) is 11.4 Å². The summed E-state index contributed by atoms with van der Waals surface area (Å²) in [5.41, 5.74) is 6.36. The minimum absolute atomic E-state index is 0.0105. The molecule has 21 heavy (non-hydrogen) atoms. The highest BCUT2D eigenvalue weighted by atomic mass is 16.6. The van der Waals surface area contributed by atoms with Gasteiger partial charge >= 0.3 is 6.09 Å². The van der Waals surface area contributed by atoms with Crippen LogP contribution >= 0.6 is 0 Å². The molecule has 0 aliphatic rings. The van der Waals surface area contributed by atoms with Gasteiger partial charge in [-0.1, -0.05) is 6.07 Å². The number of nitrogens with zero attached hydrogens (tertiary/aromatic N) is 2. The van der Waals surface area contributed by atoms with Crippen LogP contribution in [0.2, 0.25) is 0 Å². The zero-order valence-electron chi connectivity index (χ0n) is 13.5. The van der Waals surface area contributed by atoms with E-state index in [1.54, 1.807) is 6.20 Å². The number of nitrogens with two attached hydrogens (primary N) is 1. The van der Waals surface area contributed by atoms with Gasteiger partial charge in [0.05, 0.1) is 0 Å². The van der Waals surface area contributed by atoms with Crippen LogP contribution in [0.1, 0.15) is 32.3 Å². The molecule has 1 rings (SSSR count). The summed E-state index contributed by atoms with van der Waals surface area (Å²) < 4.78 is 5.23. The standard InChI is InChI=1S/C15H26N4O2/c1-15(2,3)21-14(20)18-10-11(9-16)12-7-6-8-17-13(12)19(4)5/h6-8,11H,9-10,16H2,1-5H3,(H,18,20). The molecule has 1 unspecified atom stereocenters. The van der Waals surface area contributed by atoms with Crippen LogP contribution in [0.15, 0.2) is 18.3 Å². The Labute approximate surface area is 126 Å². The van der Waals surface area contributed by atoms with Gasteiger partial charge in [0.15, 0.2) is 0 Å². The SMILES string of the molecule is CN(C)c1ncccc1C(CN)CNC(=O)OC(C)(C)C. The van der Waals surface area contributed by atoms with Crippen molar-refractivity contribution in [3.63, 3.8) is 0 Å². The molecule has 0 fully saturated rings. The molecule has 0 aromatic carbocycles. The second-order valence-corrected chi connectivity index (χ2v) is 6.13. The third-order valence-electron chi connectivity index (χ3n) is 2.86. The van der Waals surface area contributed by atoms with E-state index in [4.69, 9.17) is 10.5 Å². The maximum Gasteiger partial charge on any atom is 0.407 e. The molecule has 3 N–H and O–H groups in total. The first kappa shape index (κ1) is 17.2. The summed E-state index contributed by atoms with van der Waals surface area (Å²) in [5, 5.41) is 2.77. The maximum atomic E-state index is 11.7. The topological polar surface area (TPSA) is 80.5 Å². The first-order valence-corrected chi connectivity index (χ1v) is 7.03. The van der Waals surface area contributed by atoms with Crippen molar-refractivity contribution in [1.29, 1.82) is 0 Å². The fourth-order valence-corrected chi connectivity index (χ4v) is 1.94. The number of hydrogen-bond acceptors (Lipinski definition) is 5. The first-order valence-electron chi connectivity index (χ1n) is 7.03. The molecular formula is C15H26N4O2. The highest BCUT2D eigenvalue weighted by Crippen LogP contribution is 2.23. The predicted octanol–water partition coefficient (Wildman–Crippen LogP) is 1.71. The molecule has 0 saturated carbocycles. The molecule has 1 atom stereocenters. The largest absolute Gasteiger partial charge is 0.444 e. The van der Waals surface area contributed by atoms with E-state index in [1.807, 2.05) is 51.9 Å². The molecule has 1 aromatic heterocycles. The van der Waals surface area contributed by atoms with Gasteiger partial charge in [-0.05, 0) is 26.8 Å². The number of nitrogens with one attached hydrogen (secondary N) is 1. The van der Waals surface area contributed by atoms with E-state index >= 15 is 0 Å². The van der Waals surface area contributed by atoms with Gasteiger partial charge < -0.3 is 20.7 Å². The van der Waals surface area contributed by atoms with Crippen molar-refractivity contribution in [2.45, 2.75) is 32.3 Å². The molecule has 0 aliphatic heterocycles. The van der Waals surface area contributed by atoms with Crippen LogP contribution < -0.4 is 16.0 Å². The van der Waals surface area contributed by atoms with E-state index in [0.717, 1.165) is 11.4 Å². The molecule has 0 aliphatic carbocycles. The van der Waals surface area contributed by atoms with Gasteiger partial charge in [0.25, 0.3) is 0 Å². The van der Waals surface area contributed by atoms with Crippen molar-refractivity contribution in [1.82, 2.24) is 10.3 Å². The number of rotatable bonds is 5. The van der Waals surface area contributed by atoms with Gasteiger partial charge in [-0.15, -0.1) is 0 Å². The quantitative estimate of drug-likeness (QED) is 0.864. The lowest BCUT2D eigenvalue weighted by Crippen LogP contribution is -2.36. The minimum Gasteiger partial charge on any atom is -0.444 e. The lowest BCUT2D eigenvalue weighted by molar-refractivity contribution is 0.0525. The molecule has 1 aromatic rings. The summed E-state index contributed by atoms with van der Waals surface area (Å²) in [6, 6.07) is 3.86. The van der Waals surface area contributed by atoms with Gasteiger partial charge in [0, 0.05) is 44.9 Å². The highest BCUT2D eigenvalue weighted by Gasteiger charge is 2.20. The Balaban J connectivity index is 2.74. The zero-order chi connectivity index (χ0) is 16.0. The third kappa shape index (κ3) is 5.59. The number of pyridine rings is 1. The van der Waals surface area contributed by atoms with Crippen LogP contribution in [0.3, 0.4) is 0 Å². The molecule has 6 heteroatoms. The lowest BCUT2D eigenvalue weighted by atomic mass is 9.99. The van der Waals surface area contributed by atoms with Crippen LogP contribution in [0.4, 0.5) is 10.6 Å². The fourth-order valence-electron chi connectivity index (χ4n) is 1.94. The molecule has 0 spiro atoms. The Morgan fingerprint density at radius 3 is 2.67 bits per heavy atom. The Morgan fingerprint density at radius 1 is 1.48 bits per heavy atom. The smallest absolute Gasteiger partial charge is 0.407 e. The second-order valence-electron chi connectivity index (χ2n) is 6.13. The maximum absolute atomic E-state index is 11.7. The summed E-state index contributed by atoms with van der Waals surface area (Å²) in [4.78, 5) is 18.0. The molecule has 118 valence electrons. The number of ether oxygens (including phenoxy) is 1. The molecular weight excluding hydrogens is 268 g/mol. The Kier molecular flexibility index (Phi) is 5.96. The molecule has 0 saturated heterocycles. The van der Waals surface area contributed by atoms with E-state index in [9.17, 15) is 4.79 Å². The van der Waals surface area contributed by atoms with Gasteiger partial charge in [-0.2, -0.15) is 0 Å². The minimum atomic E-state index is -0.509. The summed E-state index contributed by atoms with van der Waals surface area (Å²) in [7, 11) is 3.86. The molecule has 1 heterocycles. The van der Waals surface area contributed by atoms with Crippen molar-refractivity contribution in [2.75, 3.05) is 32.1 Å². The van der Waals surface area contributed by atoms with Crippen LogP contribution in [0, 0.1) is 0 Å². The summed E-state index contributed by atoms with van der Waals surface area (Å²) in [6.45, 7) is 6.33. The number of amides is 1. The Bertz CT molecular complexity index is 469. The molecule has 0 bridgehead atoms. The molecule has 1 amide bonds. The van der Waals surface area contributed by atoms with E-state index in [-0.39, 0.29) is 5.92 Å². The predicted molar refractivity (Wildman–Crippen MR) is 84.6 cm³/mol. The fraction of sp³-hybridized carbons (Fsp3) is 0.600. The zero-order valence-corrected chi connectivity index (χ0v) is 13.5. The number of anilines is 1. The Hall–Kier alpha value is -1.82. The number of hydrogen-bond donors (Lipinski definition) is 2. The average Bonchev–Trinajstić information content (AvgIpc) is 2.37. The van der Waals surface area contributed by atoms with Crippen LogP contribution in [0.5, 0.6) is 0 Å². The van der Waals surface area contributed by atoms with E-state index in [0.29, 0.717) is 13.1 Å². The average molecular weight is 294 g/mol. The third-order valence-corrected chi connectivity index (χ3v) is 2.86. The normalized spacial score (nSPS) is 12.7. The van der Waals surface area contributed by atoms with E-state index in [2.05, 4.69) is 10.3 Å². The summed E-state index contributed by atoms with van der Waals surface area (Å²) in [5.74, 6) is 0.850. The summed E-state index contributed by atoms with van der Waals surface area (Å²) >= 11 is 0. The Morgan fingerprint density at radius 2 is 2.14 bits per heavy atom. The second kappa shape index (κ2) is 7.26.